The highest BCUT2D eigenvalue weighted by Gasteiger charge is 2.33. The van der Waals surface area contributed by atoms with Crippen LogP contribution in [0.25, 0.3) is 5.00 Å². The van der Waals surface area contributed by atoms with Crippen molar-refractivity contribution in [3.63, 3.8) is 0 Å². The van der Waals surface area contributed by atoms with Gasteiger partial charge in [0.25, 0.3) is 5.91 Å². The van der Waals surface area contributed by atoms with Gasteiger partial charge in [0.05, 0.1) is 11.6 Å². The highest BCUT2D eigenvalue weighted by Crippen LogP contribution is 2.37. The van der Waals surface area contributed by atoms with Crippen LogP contribution in [-0.2, 0) is 17.6 Å². The Balaban J connectivity index is 1.31. The van der Waals surface area contributed by atoms with Gasteiger partial charge in [0.15, 0.2) is 0 Å². The summed E-state index contributed by atoms with van der Waals surface area (Å²) in [6, 6.07) is 4.28. The van der Waals surface area contributed by atoms with Gasteiger partial charge in [-0.2, -0.15) is 0 Å². The van der Waals surface area contributed by atoms with E-state index in [2.05, 4.69) is 14.8 Å². The van der Waals surface area contributed by atoms with E-state index in [-0.39, 0.29) is 17.9 Å². The van der Waals surface area contributed by atoms with Crippen molar-refractivity contribution < 1.29 is 9.59 Å². The van der Waals surface area contributed by atoms with E-state index in [0.717, 1.165) is 55.8 Å². The molecule has 2 aromatic heterocycles. The van der Waals surface area contributed by atoms with Gasteiger partial charge in [0.2, 0.25) is 5.91 Å². The number of hydrogen-bond acceptors (Lipinski definition) is 4. The third-order valence-electron chi connectivity index (χ3n) is 6.66. The van der Waals surface area contributed by atoms with Crippen molar-refractivity contribution in [2.24, 2.45) is 0 Å². The van der Waals surface area contributed by atoms with Crippen LogP contribution in [0.2, 0.25) is 0 Å². The monoisotopic (exact) mass is 426 g/mol. The van der Waals surface area contributed by atoms with Gasteiger partial charge in [0, 0.05) is 49.5 Å². The molecule has 5 rings (SSSR count). The van der Waals surface area contributed by atoms with Crippen LogP contribution in [0.15, 0.2) is 24.5 Å². The fourth-order valence-electron chi connectivity index (χ4n) is 4.61. The van der Waals surface area contributed by atoms with Crippen molar-refractivity contribution in [3.05, 3.63) is 40.5 Å². The largest absolute Gasteiger partial charge is 0.352 e. The van der Waals surface area contributed by atoms with Crippen LogP contribution in [0, 0.1) is 0 Å². The van der Waals surface area contributed by atoms with E-state index in [1.54, 1.807) is 11.3 Å². The number of aromatic nitrogens is 1. The number of carbonyl (C=O) groups excluding carboxylic acids is 2. The fourth-order valence-corrected chi connectivity index (χ4v) is 5.96. The van der Waals surface area contributed by atoms with Crippen LogP contribution in [0.4, 0.5) is 0 Å². The average Bonchev–Trinajstić information content (AvgIpc) is 3.28. The summed E-state index contributed by atoms with van der Waals surface area (Å²) in [5.41, 5.74) is 2.19. The molecule has 160 valence electrons. The van der Waals surface area contributed by atoms with Crippen LogP contribution < -0.4 is 5.32 Å². The molecule has 6 nitrogen and oxygen atoms in total. The molecule has 1 saturated heterocycles. The zero-order valence-electron chi connectivity index (χ0n) is 17.6. The predicted molar refractivity (Wildman–Crippen MR) is 118 cm³/mol. The van der Waals surface area contributed by atoms with E-state index in [9.17, 15) is 9.59 Å². The van der Waals surface area contributed by atoms with Crippen molar-refractivity contribution >= 4 is 23.2 Å². The molecular weight excluding hydrogens is 396 g/mol. The molecule has 2 fully saturated rings. The molecule has 1 N–H and O–H groups in total. The molecule has 3 aliphatic rings. The summed E-state index contributed by atoms with van der Waals surface area (Å²) in [7, 11) is 0. The number of nitrogens with zero attached hydrogens (tertiary/aromatic N) is 3. The van der Waals surface area contributed by atoms with Crippen LogP contribution >= 0.6 is 11.3 Å². The third kappa shape index (κ3) is 3.81. The van der Waals surface area contributed by atoms with E-state index in [4.69, 9.17) is 0 Å². The van der Waals surface area contributed by atoms with Gasteiger partial charge in [-0.3, -0.25) is 14.5 Å². The molecule has 2 amide bonds. The molecule has 7 heteroatoms. The van der Waals surface area contributed by atoms with Gasteiger partial charge in [-0.25, -0.2) is 0 Å². The van der Waals surface area contributed by atoms with Gasteiger partial charge in [0.1, 0.15) is 5.00 Å². The number of aryl methyl sites for hydroxylation is 1. The number of fused-ring (bicyclic) bond motifs is 1. The molecule has 30 heavy (non-hydrogen) atoms. The number of nitrogens with one attached hydrogen (secondary N) is 1. The summed E-state index contributed by atoms with van der Waals surface area (Å²) in [4.78, 5) is 31.6. The first-order valence-corrected chi connectivity index (χ1v) is 12.0. The molecule has 0 radical (unpaired) electrons. The molecule has 1 unspecified atom stereocenters. The number of piperazine rings is 1. The minimum atomic E-state index is -0.132. The van der Waals surface area contributed by atoms with Crippen molar-refractivity contribution in [2.75, 3.05) is 26.2 Å². The maximum Gasteiger partial charge on any atom is 0.257 e. The van der Waals surface area contributed by atoms with E-state index >= 15 is 0 Å². The van der Waals surface area contributed by atoms with Crippen molar-refractivity contribution in [2.45, 2.75) is 57.5 Å². The molecule has 2 aliphatic carbocycles. The third-order valence-corrected chi connectivity index (χ3v) is 7.96. The number of thiophene rings is 1. The lowest BCUT2D eigenvalue weighted by molar-refractivity contribution is -0.126. The molecule has 0 spiro atoms. The topological polar surface area (TPSA) is 57.6 Å². The summed E-state index contributed by atoms with van der Waals surface area (Å²) in [6.45, 7) is 4.83. The molecule has 0 bridgehead atoms. The molecule has 0 aromatic carbocycles. The zero-order valence-corrected chi connectivity index (χ0v) is 18.4. The van der Waals surface area contributed by atoms with Crippen LogP contribution in [0.3, 0.4) is 0 Å². The van der Waals surface area contributed by atoms with Gasteiger partial charge in [-0.05, 0) is 63.1 Å². The molecular formula is C23H30N4O2S. The Morgan fingerprint density at radius 1 is 1.07 bits per heavy atom. The van der Waals surface area contributed by atoms with E-state index in [1.807, 2.05) is 36.4 Å². The summed E-state index contributed by atoms with van der Waals surface area (Å²) < 4.78 is 2.09. The number of carbonyl (C=O) groups is 2. The quantitative estimate of drug-likeness (QED) is 0.800. The second kappa shape index (κ2) is 8.19. The maximum atomic E-state index is 13.6. The van der Waals surface area contributed by atoms with Crippen LogP contribution in [0.5, 0.6) is 0 Å². The van der Waals surface area contributed by atoms with Crippen molar-refractivity contribution in [1.82, 2.24) is 19.7 Å². The molecule has 1 saturated carbocycles. The van der Waals surface area contributed by atoms with Crippen molar-refractivity contribution in [3.8, 4) is 5.00 Å². The summed E-state index contributed by atoms with van der Waals surface area (Å²) in [5.74, 6) is 0.284. The molecule has 2 aromatic rings. The highest BCUT2D eigenvalue weighted by molar-refractivity contribution is 7.15. The number of rotatable bonds is 5. The molecule has 3 heterocycles. The molecule has 1 aliphatic heterocycles. The Kier molecular flexibility index (Phi) is 5.41. The standard InChI is InChI=1S/C23H30N4O2S/c1-16(21(28)24-17-8-9-17)25-12-14-26(15-13-25)22(29)20-18-6-2-3-7-19(18)30-23(20)27-10-4-5-11-27/h4-5,10-11,16-17H,2-3,6-9,12-15H2,1H3,(H,24,28). The normalized spacial score (nSPS) is 20.6. The number of amides is 2. The van der Waals surface area contributed by atoms with Gasteiger partial charge in [-0.15, -0.1) is 11.3 Å². The second-order valence-electron chi connectivity index (χ2n) is 8.77. The average molecular weight is 427 g/mol. The lowest BCUT2D eigenvalue weighted by Gasteiger charge is -2.37. The SMILES string of the molecule is CC(C(=O)NC1CC1)N1CCN(C(=O)c2c(-n3cccc3)sc3c2CCCC3)CC1. The summed E-state index contributed by atoms with van der Waals surface area (Å²) in [5, 5.41) is 4.17. The lowest BCUT2D eigenvalue weighted by Crippen LogP contribution is -2.55. The first-order chi connectivity index (χ1) is 14.6. The second-order valence-corrected chi connectivity index (χ2v) is 9.85. The minimum absolute atomic E-state index is 0.124. The molecule has 1 atom stereocenters. The Bertz CT molecular complexity index is 923. The minimum Gasteiger partial charge on any atom is -0.352 e. The van der Waals surface area contributed by atoms with E-state index in [1.165, 1.54) is 16.9 Å². The van der Waals surface area contributed by atoms with Gasteiger partial charge in [-0.1, -0.05) is 0 Å². The fraction of sp³-hybridized carbons (Fsp3) is 0.565. The smallest absolute Gasteiger partial charge is 0.257 e. The highest BCUT2D eigenvalue weighted by atomic mass is 32.1. The zero-order chi connectivity index (χ0) is 20.7. The Hall–Kier alpha value is -2.12. The predicted octanol–water partition coefficient (Wildman–Crippen LogP) is 2.84. The summed E-state index contributed by atoms with van der Waals surface area (Å²) in [6.07, 6.45) is 10.8. The Morgan fingerprint density at radius 3 is 2.47 bits per heavy atom. The van der Waals surface area contributed by atoms with Crippen LogP contribution in [-0.4, -0.2) is 64.4 Å². The van der Waals surface area contributed by atoms with E-state index in [0.29, 0.717) is 19.1 Å². The number of hydrogen-bond donors (Lipinski definition) is 1. The van der Waals surface area contributed by atoms with Crippen LogP contribution in [0.1, 0.15) is 53.4 Å². The lowest BCUT2D eigenvalue weighted by atomic mass is 9.95. The summed E-state index contributed by atoms with van der Waals surface area (Å²) >= 11 is 1.79. The maximum absolute atomic E-state index is 13.6. The van der Waals surface area contributed by atoms with Gasteiger partial charge < -0.3 is 14.8 Å². The first-order valence-electron chi connectivity index (χ1n) is 11.2. The Morgan fingerprint density at radius 2 is 1.77 bits per heavy atom. The van der Waals surface area contributed by atoms with Gasteiger partial charge >= 0.3 is 0 Å². The Labute approximate surface area is 181 Å². The van der Waals surface area contributed by atoms with Crippen molar-refractivity contribution in [1.29, 1.82) is 0 Å². The van der Waals surface area contributed by atoms with E-state index < -0.39 is 0 Å². The first kappa shape index (κ1) is 19.8.